The minimum atomic E-state index is 0.457. The Kier molecular flexibility index (Phi) is 4.84. The summed E-state index contributed by atoms with van der Waals surface area (Å²) in [5, 5.41) is 3.94. The Bertz CT molecular complexity index is 391. The molecule has 0 spiro atoms. The van der Waals surface area contributed by atoms with E-state index in [0.717, 1.165) is 31.1 Å². The van der Waals surface area contributed by atoms with Crippen molar-refractivity contribution >= 4 is 11.6 Å². The molecule has 3 nitrogen and oxygen atoms in total. The van der Waals surface area contributed by atoms with Gasteiger partial charge in [0.05, 0.1) is 6.61 Å². The van der Waals surface area contributed by atoms with Crippen molar-refractivity contribution in [2.45, 2.75) is 45.7 Å². The maximum absolute atomic E-state index is 6.16. The van der Waals surface area contributed by atoms with Crippen LogP contribution in [0.2, 0.25) is 5.02 Å². The predicted octanol–water partition coefficient (Wildman–Crippen LogP) is 3.41. The number of nitrogens with one attached hydrogen (secondary N) is 1. The van der Waals surface area contributed by atoms with E-state index in [-0.39, 0.29) is 0 Å². The Hall–Kier alpha value is -0.800. The van der Waals surface area contributed by atoms with Crippen molar-refractivity contribution in [2.24, 2.45) is 5.92 Å². The molecule has 0 bridgehead atoms. The Morgan fingerprint density at radius 1 is 1.50 bits per heavy atom. The van der Waals surface area contributed by atoms with Crippen molar-refractivity contribution in [1.29, 1.82) is 0 Å². The van der Waals surface area contributed by atoms with Gasteiger partial charge in [-0.2, -0.15) is 0 Å². The molecule has 0 radical (unpaired) electrons. The Morgan fingerprint density at radius 2 is 2.28 bits per heavy atom. The maximum Gasteiger partial charge on any atom is 0.232 e. The van der Waals surface area contributed by atoms with Gasteiger partial charge in [0.15, 0.2) is 0 Å². The maximum atomic E-state index is 6.16. The summed E-state index contributed by atoms with van der Waals surface area (Å²) in [6.45, 7) is 5.74. The third-order valence-corrected chi connectivity index (χ3v) is 3.31. The third kappa shape index (κ3) is 4.46. The summed E-state index contributed by atoms with van der Waals surface area (Å²) in [6.07, 6.45) is 5.65. The highest BCUT2D eigenvalue weighted by atomic mass is 35.5. The molecule has 100 valence electrons. The summed E-state index contributed by atoms with van der Waals surface area (Å²) < 4.78 is 5.60. The molecule has 0 atom stereocenters. The van der Waals surface area contributed by atoms with Crippen LogP contribution in [0.4, 0.5) is 0 Å². The van der Waals surface area contributed by atoms with Crippen molar-refractivity contribution in [3.8, 4) is 5.88 Å². The first-order valence-electron chi connectivity index (χ1n) is 6.65. The van der Waals surface area contributed by atoms with Gasteiger partial charge in [-0.05, 0) is 24.0 Å². The van der Waals surface area contributed by atoms with E-state index in [1.165, 1.54) is 12.8 Å². The van der Waals surface area contributed by atoms with Gasteiger partial charge in [-0.1, -0.05) is 38.3 Å². The minimum Gasteiger partial charge on any atom is -0.477 e. The van der Waals surface area contributed by atoms with Crippen LogP contribution in [0, 0.1) is 5.92 Å². The highest BCUT2D eigenvalue weighted by Crippen LogP contribution is 2.32. The van der Waals surface area contributed by atoms with Crippen molar-refractivity contribution in [3.05, 3.63) is 22.8 Å². The van der Waals surface area contributed by atoms with E-state index in [2.05, 4.69) is 24.1 Å². The van der Waals surface area contributed by atoms with Crippen LogP contribution < -0.4 is 10.1 Å². The highest BCUT2D eigenvalue weighted by molar-refractivity contribution is 6.31. The molecule has 1 aliphatic carbocycles. The summed E-state index contributed by atoms with van der Waals surface area (Å²) in [5.74, 6) is 1.43. The van der Waals surface area contributed by atoms with Gasteiger partial charge >= 0.3 is 0 Å². The number of hydrogen-bond donors (Lipinski definition) is 1. The summed E-state index contributed by atoms with van der Waals surface area (Å²) in [6, 6.07) is 2.38. The zero-order valence-corrected chi connectivity index (χ0v) is 11.8. The first kappa shape index (κ1) is 13.6. The monoisotopic (exact) mass is 268 g/mol. The number of hydrogen-bond acceptors (Lipinski definition) is 3. The lowest BCUT2D eigenvalue weighted by molar-refractivity contribution is 0.291. The predicted molar refractivity (Wildman–Crippen MR) is 74.1 cm³/mol. The van der Waals surface area contributed by atoms with Gasteiger partial charge in [0.2, 0.25) is 5.88 Å². The van der Waals surface area contributed by atoms with Crippen LogP contribution in [0.25, 0.3) is 0 Å². The van der Waals surface area contributed by atoms with Crippen LogP contribution in [0.1, 0.15) is 38.7 Å². The average molecular weight is 269 g/mol. The van der Waals surface area contributed by atoms with Crippen molar-refractivity contribution in [1.82, 2.24) is 10.3 Å². The summed E-state index contributed by atoms with van der Waals surface area (Å²) in [5.41, 5.74) is 1.09. The molecule has 1 N–H and O–H groups in total. The molecule has 0 saturated heterocycles. The second-order valence-corrected chi connectivity index (χ2v) is 5.65. The van der Waals surface area contributed by atoms with E-state index >= 15 is 0 Å². The third-order valence-electron chi connectivity index (χ3n) is 3.04. The summed E-state index contributed by atoms with van der Waals surface area (Å²) in [4.78, 5) is 4.28. The van der Waals surface area contributed by atoms with Crippen LogP contribution in [-0.4, -0.2) is 17.6 Å². The van der Waals surface area contributed by atoms with Crippen LogP contribution in [-0.2, 0) is 6.54 Å². The van der Waals surface area contributed by atoms with E-state index in [4.69, 9.17) is 16.3 Å². The number of nitrogens with zero attached hydrogens (tertiary/aromatic N) is 1. The van der Waals surface area contributed by atoms with Crippen molar-refractivity contribution in [2.75, 3.05) is 6.61 Å². The Labute approximate surface area is 114 Å². The van der Waals surface area contributed by atoms with Gasteiger partial charge in [0.25, 0.3) is 0 Å². The van der Waals surface area contributed by atoms with Gasteiger partial charge in [-0.3, -0.25) is 0 Å². The lowest BCUT2D eigenvalue weighted by Gasteiger charge is -2.10. The fraction of sp³-hybridized carbons (Fsp3) is 0.643. The quantitative estimate of drug-likeness (QED) is 0.823. The van der Waals surface area contributed by atoms with Gasteiger partial charge in [-0.15, -0.1) is 0 Å². The molecular weight excluding hydrogens is 248 g/mol. The van der Waals surface area contributed by atoms with Crippen LogP contribution in [0.5, 0.6) is 5.88 Å². The van der Waals surface area contributed by atoms with Gasteiger partial charge in [0, 0.05) is 18.8 Å². The number of ether oxygens (including phenoxy) is 1. The number of rotatable bonds is 7. The zero-order chi connectivity index (χ0) is 13.0. The molecule has 0 unspecified atom stereocenters. The smallest absolute Gasteiger partial charge is 0.232 e. The molecule has 1 saturated carbocycles. The number of halogens is 1. The molecule has 4 heteroatoms. The van der Waals surface area contributed by atoms with E-state index in [9.17, 15) is 0 Å². The summed E-state index contributed by atoms with van der Waals surface area (Å²) in [7, 11) is 0. The number of aromatic nitrogens is 1. The second kappa shape index (κ2) is 6.39. The average Bonchev–Trinajstić information content (AvgIpc) is 3.13. The molecule has 1 aromatic rings. The molecule has 1 aromatic heterocycles. The van der Waals surface area contributed by atoms with Gasteiger partial charge in [-0.25, -0.2) is 4.98 Å². The normalized spacial score (nSPS) is 15.1. The van der Waals surface area contributed by atoms with E-state index in [0.29, 0.717) is 16.9 Å². The lowest BCUT2D eigenvalue weighted by atomic mass is 10.2. The van der Waals surface area contributed by atoms with E-state index in [1.54, 1.807) is 0 Å². The lowest BCUT2D eigenvalue weighted by Crippen LogP contribution is -2.21. The highest BCUT2D eigenvalue weighted by Gasteiger charge is 2.21. The SMILES string of the molecule is CC(C)NCc1cnc(OCCC2CC2)c(Cl)c1. The van der Waals surface area contributed by atoms with Crippen molar-refractivity contribution < 1.29 is 4.74 Å². The van der Waals surface area contributed by atoms with Crippen LogP contribution >= 0.6 is 11.6 Å². The first-order valence-corrected chi connectivity index (χ1v) is 7.03. The molecule has 1 fully saturated rings. The molecule has 1 aliphatic rings. The van der Waals surface area contributed by atoms with Crippen molar-refractivity contribution in [3.63, 3.8) is 0 Å². The standard InChI is InChI=1S/C14H21ClN2O/c1-10(2)16-8-12-7-13(15)14(17-9-12)18-6-5-11-3-4-11/h7,9-11,16H,3-6,8H2,1-2H3. The zero-order valence-electron chi connectivity index (χ0n) is 11.1. The van der Waals surface area contributed by atoms with Gasteiger partial charge in [0.1, 0.15) is 5.02 Å². The molecular formula is C14H21ClN2O. The minimum absolute atomic E-state index is 0.457. The largest absolute Gasteiger partial charge is 0.477 e. The first-order chi connectivity index (χ1) is 8.65. The van der Waals surface area contributed by atoms with Crippen LogP contribution in [0.3, 0.4) is 0 Å². The Morgan fingerprint density at radius 3 is 2.89 bits per heavy atom. The molecule has 1 heterocycles. The second-order valence-electron chi connectivity index (χ2n) is 5.25. The fourth-order valence-electron chi connectivity index (χ4n) is 1.72. The molecule has 18 heavy (non-hydrogen) atoms. The summed E-state index contributed by atoms with van der Waals surface area (Å²) >= 11 is 6.16. The number of pyridine rings is 1. The van der Waals surface area contributed by atoms with Gasteiger partial charge < -0.3 is 10.1 Å². The molecule has 0 aromatic carbocycles. The molecule has 0 amide bonds. The topological polar surface area (TPSA) is 34.2 Å². The molecule has 2 rings (SSSR count). The fourth-order valence-corrected chi connectivity index (χ4v) is 1.96. The Balaban J connectivity index is 1.83. The van der Waals surface area contributed by atoms with Crippen LogP contribution in [0.15, 0.2) is 12.3 Å². The molecule has 0 aliphatic heterocycles. The van der Waals surface area contributed by atoms with E-state index < -0.39 is 0 Å². The van der Waals surface area contributed by atoms with E-state index in [1.807, 2.05) is 12.3 Å².